The molecule has 0 unspecified atom stereocenters. The van der Waals surface area contributed by atoms with E-state index in [9.17, 15) is 13.2 Å². The molecule has 0 aromatic heterocycles. The molecule has 1 rings (SSSR count). The van der Waals surface area contributed by atoms with E-state index >= 15 is 0 Å². The van der Waals surface area contributed by atoms with Crippen molar-refractivity contribution in [2.45, 2.75) is 18.2 Å². The highest BCUT2D eigenvalue weighted by atomic mass is 32.2. The van der Waals surface area contributed by atoms with E-state index in [0.29, 0.717) is 12.0 Å². The predicted molar refractivity (Wildman–Crippen MR) is 69.4 cm³/mol. The first kappa shape index (κ1) is 15.6. The summed E-state index contributed by atoms with van der Waals surface area (Å²) >= 11 is 0. The van der Waals surface area contributed by atoms with E-state index in [1.54, 1.807) is 6.07 Å². The highest BCUT2D eigenvalue weighted by molar-refractivity contribution is 7.89. The van der Waals surface area contributed by atoms with Crippen molar-refractivity contribution in [3.63, 3.8) is 0 Å². The zero-order valence-electron chi connectivity index (χ0n) is 10.9. The maximum absolute atomic E-state index is 11.9. The number of methoxy groups -OCH3 is 1. The number of carbonyl (C=O) groups is 1. The van der Waals surface area contributed by atoms with Gasteiger partial charge in [-0.15, -0.1) is 0 Å². The summed E-state index contributed by atoms with van der Waals surface area (Å²) < 4.78 is 32.3. The van der Waals surface area contributed by atoms with Gasteiger partial charge in [0.25, 0.3) is 0 Å². The van der Waals surface area contributed by atoms with E-state index in [2.05, 4.69) is 0 Å². The summed E-state index contributed by atoms with van der Waals surface area (Å²) in [5.41, 5.74) is 0.917. The van der Waals surface area contributed by atoms with Gasteiger partial charge in [0.05, 0.1) is 17.1 Å². The fourth-order valence-electron chi connectivity index (χ4n) is 1.53. The van der Waals surface area contributed by atoms with Crippen LogP contribution < -0.4 is 5.14 Å². The fourth-order valence-corrected chi connectivity index (χ4v) is 2.07. The van der Waals surface area contributed by atoms with Crippen LogP contribution in [-0.2, 0) is 25.9 Å². The smallest absolute Gasteiger partial charge is 0.338 e. The average Bonchev–Trinajstić information content (AvgIpc) is 2.37. The molecule has 106 valence electrons. The molecule has 0 saturated heterocycles. The van der Waals surface area contributed by atoms with E-state index < -0.39 is 16.0 Å². The van der Waals surface area contributed by atoms with Crippen LogP contribution in [0.4, 0.5) is 0 Å². The normalized spacial score (nSPS) is 11.3. The Morgan fingerprint density at radius 1 is 1.32 bits per heavy atom. The van der Waals surface area contributed by atoms with Gasteiger partial charge in [-0.3, -0.25) is 0 Å². The Morgan fingerprint density at radius 2 is 2.00 bits per heavy atom. The number of benzene rings is 1. The van der Waals surface area contributed by atoms with Gasteiger partial charge in [-0.2, -0.15) is 0 Å². The molecule has 0 atom stereocenters. The van der Waals surface area contributed by atoms with Crippen LogP contribution >= 0.6 is 0 Å². The summed E-state index contributed by atoms with van der Waals surface area (Å²) in [6.07, 6.45) is 0.583. The van der Waals surface area contributed by atoms with Crippen molar-refractivity contribution in [2.24, 2.45) is 5.14 Å². The van der Waals surface area contributed by atoms with Crippen LogP contribution in [0.5, 0.6) is 0 Å². The molecule has 0 aliphatic rings. The van der Waals surface area contributed by atoms with E-state index in [1.165, 1.54) is 19.2 Å². The number of hydrogen-bond donors (Lipinski definition) is 1. The molecule has 7 heteroatoms. The van der Waals surface area contributed by atoms with Crippen molar-refractivity contribution in [2.75, 3.05) is 20.3 Å². The van der Waals surface area contributed by atoms with Gasteiger partial charge in [0.15, 0.2) is 0 Å². The molecule has 0 radical (unpaired) electrons. The lowest BCUT2D eigenvalue weighted by Crippen LogP contribution is -2.16. The van der Waals surface area contributed by atoms with E-state index in [4.69, 9.17) is 14.6 Å². The molecule has 0 heterocycles. The van der Waals surface area contributed by atoms with Crippen molar-refractivity contribution < 1.29 is 22.7 Å². The van der Waals surface area contributed by atoms with E-state index in [1.807, 2.05) is 6.92 Å². The lowest BCUT2D eigenvalue weighted by molar-refractivity contribution is 0.0386. The number of esters is 1. The summed E-state index contributed by atoms with van der Waals surface area (Å²) in [7, 11) is -2.35. The largest absolute Gasteiger partial charge is 0.460 e. The second kappa shape index (κ2) is 6.65. The molecule has 6 nitrogen and oxygen atoms in total. The van der Waals surface area contributed by atoms with E-state index in [-0.39, 0.29) is 23.7 Å². The van der Waals surface area contributed by atoms with Crippen LogP contribution in [0.25, 0.3) is 0 Å². The molecule has 2 N–H and O–H groups in total. The van der Waals surface area contributed by atoms with Crippen LogP contribution in [0.15, 0.2) is 23.1 Å². The summed E-state index contributed by atoms with van der Waals surface area (Å²) in [6, 6.07) is 4.18. The Morgan fingerprint density at radius 3 is 2.53 bits per heavy atom. The van der Waals surface area contributed by atoms with Gasteiger partial charge in [0, 0.05) is 7.11 Å². The molecule has 0 aliphatic heterocycles. The minimum atomic E-state index is -3.84. The third kappa shape index (κ3) is 4.30. The number of primary sulfonamides is 1. The van der Waals surface area contributed by atoms with Crippen LogP contribution in [0.1, 0.15) is 22.8 Å². The number of ether oxygens (including phenoxy) is 2. The SMILES string of the molecule is CCc1ccc(S(N)(=O)=O)cc1C(=O)OCCOC. The Labute approximate surface area is 112 Å². The van der Waals surface area contributed by atoms with E-state index in [0.717, 1.165) is 0 Å². The molecule has 19 heavy (non-hydrogen) atoms. The summed E-state index contributed by atoms with van der Waals surface area (Å²) in [4.78, 5) is 11.8. The monoisotopic (exact) mass is 287 g/mol. The Bertz CT molecular complexity index is 553. The van der Waals surface area contributed by atoms with Crippen LogP contribution in [0.2, 0.25) is 0 Å². The number of nitrogens with two attached hydrogens (primary N) is 1. The molecule has 0 bridgehead atoms. The standard InChI is InChI=1S/C12H17NO5S/c1-3-9-4-5-10(19(13,15)16)8-11(9)12(14)18-7-6-17-2/h4-5,8H,3,6-7H2,1-2H3,(H2,13,15,16). The molecule has 0 spiro atoms. The van der Waals surface area contributed by atoms with Crippen molar-refractivity contribution in [3.8, 4) is 0 Å². The van der Waals surface area contributed by atoms with Gasteiger partial charge < -0.3 is 9.47 Å². The number of hydrogen-bond acceptors (Lipinski definition) is 5. The lowest BCUT2D eigenvalue weighted by atomic mass is 10.1. The maximum Gasteiger partial charge on any atom is 0.338 e. The summed E-state index contributed by atoms with van der Waals surface area (Å²) in [6.45, 7) is 2.25. The fraction of sp³-hybridized carbons (Fsp3) is 0.417. The molecule has 0 fully saturated rings. The first-order valence-corrected chi connectivity index (χ1v) is 7.26. The molecule has 0 saturated carbocycles. The minimum absolute atomic E-state index is 0.108. The molecular weight excluding hydrogens is 270 g/mol. The quantitative estimate of drug-likeness (QED) is 0.613. The first-order chi connectivity index (χ1) is 8.90. The molecule has 1 aromatic carbocycles. The van der Waals surface area contributed by atoms with Crippen molar-refractivity contribution >= 4 is 16.0 Å². The van der Waals surface area contributed by atoms with Gasteiger partial charge in [-0.1, -0.05) is 13.0 Å². The number of carbonyl (C=O) groups excluding carboxylic acids is 1. The highest BCUT2D eigenvalue weighted by Gasteiger charge is 2.16. The topological polar surface area (TPSA) is 95.7 Å². The minimum Gasteiger partial charge on any atom is -0.460 e. The Kier molecular flexibility index (Phi) is 5.46. The van der Waals surface area contributed by atoms with Crippen molar-refractivity contribution in [1.82, 2.24) is 0 Å². The van der Waals surface area contributed by atoms with Crippen molar-refractivity contribution in [1.29, 1.82) is 0 Å². The third-order valence-corrected chi connectivity index (χ3v) is 3.44. The molecule has 1 aromatic rings. The van der Waals surface area contributed by atoms with Crippen molar-refractivity contribution in [3.05, 3.63) is 29.3 Å². The highest BCUT2D eigenvalue weighted by Crippen LogP contribution is 2.17. The lowest BCUT2D eigenvalue weighted by Gasteiger charge is -2.09. The van der Waals surface area contributed by atoms with Gasteiger partial charge in [0.1, 0.15) is 6.61 Å². The summed E-state index contributed by atoms with van der Waals surface area (Å²) in [5, 5.41) is 5.04. The second-order valence-electron chi connectivity index (χ2n) is 3.85. The molecule has 0 aliphatic carbocycles. The molecule has 0 amide bonds. The van der Waals surface area contributed by atoms with Gasteiger partial charge >= 0.3 is 5.97 Å². The average molecular weight is 287 g/mol. The van der Waals surface area contributed by atoms with Crippen LogP contribution in [0, 0.1) is 0 Å². The Balaban J connectivity index is 3.06. The Hall–Kier alpha value is -1.44. The van der Waals surface area contributed by atoms with Crippen LogP contribution in [0.3, 0.4) is 0 Å². The predicted octanol–water partition coefficient (Wildman–Crippen LogP) is 0.700. The number of sulfonamides is 1. The summed E-state index contributed by atoms with van der Waals surface area (Å²) in [5.74, 6) is -0.584. The van der Waals surface area contributed by atoms with Gasteiger partial charge in [-0.25, -0.2) is 18.4 Å². The van der Waals surface area contributed by atoms with Gasteiger partial charge in [0.2, 0.25) is 10.0 Å². The molecular formula is C12H17NO5S. The third-order valence-electron chi connectivity index (χ3n) is 2.53. The zero-order chi connectivity index (χ0) is 14.5. The number of rotatable bonds is 6. The van der Waals surface area contributed by atoms with Crippen LogP contribution in [-0.4, -0.2) is 34.7 Å². The van der Waals surface area contributed by atoms with Gasteiger partial charge in [-0.05, 0) is 24.1 Å². The first-order valence-electron chi connectivity index (χ1n) is 5.72. The second-order valence-corrected chi connectivity index (χ2v) is 5.41. The number of aryl methyl sites for hydroxylation is 1. The maximum atomic E-state index is 11.9. The zero-order valence-corrected chi connectivity index (χ0v) is 11.7.